The molecule has 0 radical (unpaired) electrons. The van der Waals surface area contributed by atoms with E-state index < -0.39 is 43.7 Å². The predicted octanol–water partition coefficient (Wildman–Crippen LogP) is 0.446. The average molecular weight is 319 g/mol. The molecule has 1 saturated heterocycles. The van der Waals surface area contributed by atoms with E-state index in [9.17, 15) is 22.0 Å². The number of hydrogen-bond donors (Lipinski definition) is 2. The van der Waals surface area contributed by atoms with Gasteiger partial charge in [-0.1, -0.05) is 0 Å². The molecule has 21 heavy (non-hydrogen) atoms. The molecule has 3 N–H and O–H groups in total. The Bertz CT molecular complexity index is 704. The van der Waals surface area contributed by atoms with E-state index in [1.165, 1.54) is 13.8 Å². The van der Waals surface area contributed by atoms with Gasteiger partial charge in [0.25, 0.3) is 0 Å². The molecule has 9 heteroatoms. The first kappa shape index (κ1) is 15.6. The molecule has 0 spiro atoms. The number of nitrogens with zero attached hydrogens (tertiary/aromatic N) is 1. The van der Waals surface area contributed by atoms with E-state index in [0.717, 1.165) is 10.4 Å². The Labute approximate surface area is 121 Å². The third kappa shape index (κ3) is 2.46. The van der Waals surface area contributed by atoms with Gasteiger partial charge in [0, 0.05) is 19.2 Å². The van der Waals surface area contributed by atoms with Crippen LogP contribution in [-0.2, 0) is 14.8 Å². The predicted molar refractivity (Wildman–Crippen MR) is 71.8 cm³/mol. The van der Waals surface area contributed by atoms with Crippen LogP contribution in [0.2, 0.25) is 0 Å². The zero-order valence-electron chi connectivity index (χ0n) is 11.5. The number of nitrogens with one attached hydrogen (secondary N) is 1. The highest BCUT2D eigenvalue weighted by atomic mass is 32.2. The van der Waals surface area contributed by atoms with Crippen molar-refractivity contribution in [2.45, 2.75) is 24.3 Å². The van der Waals surface area contributed by atoms with Gasteiger partial charge in [0.1, 0.15) is 22.1 Å². The Balaban J connectivity index is 2.57. The maximum atomic E-state index is 13.8. The summed E-state index contributed by atoms with van der Waals surface area (Å²) < 4.78 is 53.0. The molecule has 1 fully saturated rings. The topological polar surface area (TPSA) is 92.5 Å². The standard InChI is InChI=1S/C12H15F2N3O3S/c1-12(2)11(18)16-3-4-17(12)21(19,20)10-6-9(15)7(13)5-8(10)14/h5-6H,3-4,15H2,1-2H3,(H,16,18). The van der Waals surface area contributed by atoms with Gasteiger partial charge in [0.2, 0.25) is 15.9 Å². The van der Waals surface area contributed by atoms with Gasteiger partial charge < -0.3 is 11.1 Å². The van der Waals surface area contributed by atoms with E-state index in [1.54, 1.807) is 0 Å². The molecular weight excluding hydrogens is 304 g/mol. The molecule has 2 rings (SSSR count). The first-order chi connectivity index (χ1) is 9.58. The van der Waals surface area contributed by atoms with Crippen molar-refractivity contribution < 1.29 is 22.0 Å². The summed E-state index contributed by atoms with van der Waals surface area (Å²) >= 11 is 0. The monoisotopic (exact) mass is 319 g/mol. The third-order valence-electron chi connectivity index (χ3n) is 3.40. The lowest BCUT2D eigenvalue weighted by Crippen LogP contribution is -2.63. The minimum Gasteiger partial charge on any atom is -0.396 e. The van der Waals surface area contributed by atoms with E-state index in [2.05, 4.69) is 5.32 Å². The summed E-state index contributed by atoms with van der Waals surface area (Å²) in [6, 6.07) is 1.14. The number of nitrogen functional groups attached to an aromatic ring is 1. The van der Waals surface area contributed by atoms with Crippen molar-refractivity contribution in [1.82, 2.24) is 9.62 Å². The molecule has 1 aromatic carbocycles. The second-order valence-electron chi connectivity index (χ2n) is 5.20. The first-order valence-corrected chi connectivity index (χ1v) is 7.58. The Hall–Kier alpha value is -1.74. The Kier molecular flexibility index (Phi) is 3.66. The van der Waals surface area contributed by atoms with Crippen molar-refractivity contribution >= 4 is 21.6 Å². The summed E-state index contributed by atoms with van der Waals surface area (Å²) in [5, 5.41) is 2.54. The van der Waals surface area contributed by atoms with E-state index >= 15 is 0 Å². The number of nitrogens with two attached hydrogens (primary N) is 1. The second kappa shape index (κ2) is 4.92. The molecule has 1 amide bonds. The van der Waals surface area contributed by atoms with Gasteiger partial charge in [-0.05, 0) is 19.9 Å². The van der Waals surface area contributed by atoms with Crippen LogP contribution in [0.25, 0.3) is 0 Å². The van der Waals surface area contributed by atoms with Gasteiger partial charge >= 0.3 is 0 Å². The van der Waals surface area contributed by atoms with Crippen LogP contribution in [0.4, 0.5) is 14.5 Å². The lowest BCUT2D eigenvalue weighted by molar-refractivity contribution is -0.131. The van der Waals surface area contributed by atoms with Gasteiger partial charge in [-0.2, -0.15) is 4.31 Å². The van der Waals surface area contributed by atoms with Crippen LogP contribution in [0.3, 0.4) is 0 Å². The van der Waals surface area contributed by atoms with Gasteiger partial charge in [-0.3, -0.25) is 4.79 Å². The molecule has 1 aliphatic heterocycles. The van der Waals surface area contributed by atoms with E-state index in [-0.39, 0.29) is 13.1 Å². The molecule has 0 atom stereocenters. The molecule has 1 aromatic rings. The Morgan fingerprint density at radius 2 is 1.90 bits per heavy atom. The van der Waals surface area contributed by atoms with Crippen LogP contribution >= 0.6 is 0 Å². The molecule has 0 aliphatic carbocycles. The number of amides is 1. The zero-order valence-corrected chi connectivity index (χ0v) is 12.3. The zero-order chi connectivity index (χ0) is 16.0. The number of anilines is 1. The van der Waals surface area contributed by atoms with Crippen molar-refractivity contribution in [3.8, 4) is 0 Å². The Morgan fingerprint density at radius 1 is 1.29 bits per heavy atom. The molecule has 0 aromatic heterocycles. The molecule has 1 aliphatic rings. The van der Waals surface area contributed by atoms with E-state index in [0.29, 0.717) is 6.07 Å². The highest BCUT2D eigenvalue weighted by molar-refractivity contribution is 7.89. The van der Waals surface area contributed by atoms with Gasteiger partial charge in [-0.25, -0.2) is 17.2 Å². The van der Waals surface area contributed by atoms with Gasteiger partial charge in [0.05, 0.1) is 5.69 Å². The smallest absolute Gasteiger partial charge is 0.247 e. The SMILES string of the molecule is CC1(C)C(=O)NCCN1S(=O)(=O)c1cc(N)c(F)cc1F. The fourth-order valence-corrected chi connectivity index (χ4v) is 4.00. The second-order valence-corrected chi connectivity index (χ2v) is 7.03. The van der Waals surface area contributed by atoms with Crippen molar-refractivity contribution in [3.63, 3.8) is 0 Å². The van der Waals surface area contributed by atoms with Crippen molar-refractivity contribution in [1.29, 1.82) is 0 Å². The summed E-state index contributed by atoms with van der Waals surface area (Å²) in [4.78, 5) is 11.1. The van der Waals surface area contributed by atoms with Crippen LogP contribution < -0.4 is 11.1 Å². The molecule has 116 valence electrons. The fraction of sp³-hybridized carbons (Fsp3) is 0.417. The summed E-state index contributed by atoms with van der Waals surface area (Å²) in [5.41, 5.74) is 3.45. The van der Waals surface area contributed by atoms with Crippen molar-refractivity contribution in [2.24, 2.45) is 0 Å². The molecular formula is C12H15F2N3O3S. The fourth-order valence-electron chi connectivity index (χ4n) is 2.16. The number of carbonyl (C=O) groups is 1. The quantitative estimate of drug-likeness (QED) is 0.774. The lowest BCUT2D eigenvalue weighted by Gasteiger charge is -2.39. The minimum absolute atomic E-state index is 0.0161. The average Bonchev–Trinajstić information content (AvgIpc) is 2.36. The summed E-state index contributed by atoms with van der Waals surface area (Å²) in [6.07, 6.45) is 0. The highest BCUT2D eigenvalue weighted by Crippen LogP contribution is 2.29. The maximum Gasteiger partial charge on any atom is 0.247 e. The van der Waals surface area contributed by atoms with Crippen molar-refractivity contribution in [3.05, 3.63) is 23.8 Å². The number of sulfonamides is 1. The normalized spacial score (nSPS) is 19.3. The van der Waals surface area contributed by atoms with Crippen LogP contribution in [0.1, 0.15) is 13.8 Å². The molecule has 6 nitrogen and oxygen atoms in total. The third-order valence-corrected chi connectivity index (χ3v) is 5.49. The summed E-state index contributed by atoms with van der Waals surface area (Å²) in [5.74, 6) is -2.78. The van der Waals surface area contributed by atoms with Crippen LogP contribution in [-0.4, -0.2) is 37.3 Å². The van der Waals surface area contributed by atoms with Crippen LogP contribution in [0.15, 0.2) is 17.0 Å². The van der Waals surface area contributed by atoms with Gasteiger partial charge in [-0.15, -0.1) is 0 Å². The van der Waals surface area contributed by atoms with Crippen LogP contribution in [0.5, 0.6) is 0 Å². The number of benzene rings is 1. The van der Waals surface area contributed by atoms with Crippen molar-refractivity contribution in [2.75, 3.05) is 18.8 Å². The number of rotatable bonds is 2. The molecule has 0 unspecified atom stereocenters. The largest absolute Gasteiger partial charge is 0.396 e. The molecule has 0 bridgehead atoms. The number of hydrogen-bond acceptors (Lipinski definition) is 4. The maximum absolute atomic E-state index is 13.8. The Morgan fingerprint density at radius 3 is 2.52 bits per heavy atom. The first-order valence-electron chi connectivity index (χ1n) is 6.14. The summed E-state index contributed by atoms with van der Waals surface area (Å²) in [7, 11) is -4.32. The van der Waals surface area contributed by atoms with E-state index in [1.807, 2.05) is 0 Å². The molecule has 0 saturated carbocycles. The van der Waals surface area contributed by atoms with Gasteiger partial charge in [0.15, 0.2) is 0 Å². The summed E-state index contributed by atoms with van der Waals surface area (Å²) in [6.45, 7) is 2.91. The van der Waals surface area contributed by atoms with Crippen LogP contribution in [0, 0.1) is 11.6 Å². The number of halogens is 2. The lowest BCUT2D eigenvalue weighted by atomic mass is 10.0. The highest BCUT2D eigenvalue weighted by Gasteiger charge is 2.45. The molecule has 1 heterocycles. The minimum atomic E-state index is -4.32. The van der Waals surface area contributed by atoms with E-state index in [4.69, 9.17) is 5.73 Å². The number of piperazine rings is 1. The number of carbonyl (C=O) groups excluding carboxylic acids is 1.